The Labute approximate surface area is 244 Å². The van der Waals surface area contributed by atoms with E-state index in [2.05, 4.69) is 15.9 Å². The molecule has 4 aromatic rings. The molecule has 0 saturated heterocycles. The van der Waals surface area contributed by atoms with Crippen LogP contribution >= 0.6 is 27.5 Å². The zero-order chi connectivity index (χ0) is 29.1. The van der Waals surface area contributed by atoms with Crippen molar-refractivity contribution in [3.63, 3.8) is 0 Å². The van der Waals surface area contributed by atoms with Crippen molar-refractivity contribution in [2.45, 2.75) is 0 Å². The van der Waals surface area contributed by atoms with Crippen LogP contribution in [0.25, 0.3) is 22.3 Å². The normalized spacial score (nSPS) is 10.3. The third-order valence-electron chi connectivity index (χ3n) is 5.53. The second-order valence-electron chi connectivity index (χ2n) is 8.24. The van der Waals surface area contributed by atoms with Gasteiger partial charge in [0.05, 0.1) is 12.5 Å². The van der Waals surface area contributed by atoms with Crippen LogP contribution in [0.1, 0.15) is 20.7 Å². The summed E-state index contributed by atoms with van der Waals surface area (Å²) in [6.07, 6.45) is 0. The molecule has 0 aliphatic rings. The molecule has 0 saturated carbocycles. The zero-order valence-electron chi connectivity index (χ0n) is 21.2. The highest BCUT2D eigenvalue weighted by molar-refractivity contribution is 9.09. The fourth-order valence-electron chi connectivity index (χ4n) is 3.57. The van der Waals surface area contributed by atoms with E-state index in [1.807, 2.05) is 0 Å². The Hall–Kier alpha value is -3.95. The summed E-state index contributed by atoms with van der Waals surface area (Å²) in [5.74, 6) is -0.235. The van der Waals surface area contributed by atoms with Crippen LogP contribution in [0.2, 0.25) is 0 Å². The molecule has 0 spiro atoms. The van der Waals surface area contributed by atoms with Gasteiger partial charge in [0.2, 0.25) is 11.8 Å². The molecule has 4 aromatic carbocycles. The van der Waals surface area contributed by atoms with Crippen molar-refractivity contribution in [2.75, 3.05) is 24.4 Å². The van der Waals surface area contributed by atoms with E-state index in [0.717, 1.165) is 0 Å². The van der Waals surface area contributed by atoms with Crippen LogP contribution in [0.15, 0.2) is 84.9 Å². The molecule has 0 aromatic heterocycles. The maximum absolute atomic E-state index is 13.9. The number of primary amides is 2. The van der Waals surface area contributed by atoms with Gasteiger partial charge >= 0.3 is 0 Å². The molecular formula is C30H26BrClF2N2O4. The minimum absolute atomic E-state index is 0.344. The second kappa shape index (κ2) is 15.0. The third kappa shape index (κ3) is 8.53. The molecule has 40 heavy (non-hydrogen) atoms. The molecule has 4 N–H and O–H groups in total. The molecule has 0 radical (unpaired) electrons. The Balaban J connectivity index is 0.000000220. The van der Waals surface area contributed by atoms with Gasteiger partial charge < -0.3 is 20.9 Å². The quantitative estimate of drug-likeness (QED) is 0.193. The molecule has 0 aliphatic heterocycles. The number of ether oxygens (including phenoxy) is 2. The lowest BCUT2D eigenvalue weighted by atomic mass is 10.0. The Kier molecular flexibility index (Phi) is 11.5. The van der Waals surface area contributed by atoms with Crippen molar-refractivity contribution in [3.05, 3.63) is 108 Å². The Morgan fingerprint density at radius 2 is 1.07 bits per heavy atom. The van der Waals surface area contributed by atoms with Gasteiger partial charge in [-0.15, -0.1) is 11.6 Å². The van der Waals surface area contributed by atoms with E-state index in [0.29, 0.717) is 69.3 Å². The first-order valence-corrected chi connectivity index (χ1v) is 13.7. The van der Waals surface area contributed by atoms with Gasteiger partial charge in [0.15, 0.2) is 0 Å². The van der Waals surface area contributed by atoms with Crippen LogP contribution in [0.3, 0.4) is 0 Å². The maximum atomic E-state index is 13.9. The Morgan fingerprint density at radius 3 is 1.43 bits per heavy atom. The van der Waals surface area contributed by atoms with Crippen LogP contribution < -0.4 is 20.9 Å². The summed E-state index contributed by atoms with van der Waals surface area (Å²) in [5, 5.41) is 0.701. The summed E-state index contributed by atoms with van der Waals surface area (Å²) in [5.41, 5.74) is 13.2. The minimum Gasteiger partial charge on any atom is -0.493 e. The molecule has 6 nitrogen and oxygen atoms in total. The average Bonchev–Trinajstić information content (AvgIpc) is 2.96. The SMILES string of the molecule is NC(=O)c1ccc(-c2cc(OCCBr)ccc2F)cc1.NC(=O)c1ccc(-c2cc(OCCCl)ccc2F)cc1. The first kappa shape index (κ1) is 30.6. The van der Waals surface area contributed by atoms with Gasteiger partial charge in [-0.2, -0.15) is 0 Å². The molecule has 0 aliphatic carbocycles. The predicted octanol–water partition coefficient (Wildman–Crippen LogP) is 6.57. The van der Waals surface area contributed by atoms with E-state index in [1.165, 1.54) is 12.1 Å². The first-order valence-electron chi connectivity index (χ1n) is 12.0. The van der Waals surface area contributed by atoms with Crippen LogP contribution in [0, 0.1) is 11.6 Å². The number of hydrogen-bond donors (Lipinski definition) is 2. The molecule has 10 heteroatoms. The fraction of sp³-hybridized carbons (Fsp3) is 0.133. The van der Waals surface area contributed by atoms with Crippen molar-refractivity contribution in [1.82, 2.24) is 0 Å². The summed E-state index contributed by atoms with van der Waals surface area (Å²) in [4.78, 5) is 22.0. The van der Waals surface area contributed by atoms with E-state index < -0.39 is 11.8 Å². The van der Waals surface area contributed by atoms with E-state index in [4.69, 9.17) is 32.5 Å². The highest BCUT2D eigenvalue weighted by Crippen LogP contribution is 2.28. The number of carbonyl (C=O) groups excluding carboxylic acids is 2. The topological polar surface area (TPSA) is 105 Å². The molecule has 4 rings (SSSR count). The number of benzene rings is 4. The van der Waals surface area contributed by atoms with E-state index in [1.54, 1.807) is 72.8 Å². The maximum Gasteiger partial charge on any atom is 0.248 e. The molecule has 0 atom stereocenters. The lowest BCUT2D eigenvalue weighted by Crippen LogP contribution is -2.10. The Morgan fingerprint density at radius 1 is 0.675 bits per heavy atom. The molecule has 0 bridgehead atoms. The molecule has 0 fully saturated rings. The standard InChI is InChI=1S/C15H13BrFNO2.C15H13ClFNO2/c2*16-7-8-20-12-5-6-14(17)13(9-12)10-1-3-11(4-2-10)15(18)19/h2*1-6,9H,7-8H2,(H2,18,19). The van der Waals surface area contributed by atoms with Gasteiger partial charge in [-0.1, -0.05) is 40.2 Å². The number of nitrogens with two attached hydrogens (primary N) is 2. The largest absolute Gasteiger partial charge is 0.493 e. The summed E-state index contributed by atoms with van der Waals surface area (Å²) < 4.78 is 38.6. The van der Waals surface area contributed by atoms with Gasteiger partial charge in [-0.05, 0) is 71.8 Å². The van der Waals surface area contributed by atoms with E-state index in [9.17, 15) is 18.4 Å². The van der Waals surface area contributed by atoms with Gasteiger partial charge in [0.25, 0.3) is 0 Å². The molecular weight excluding hydrogens is 606 g/mol. The zero-order valence-corrected chi connectivity index (χ0v) is 23.6. The number of hydrogen-bond acceptors (Lipinski definition) is 4. The lowest BCUT2D eigenvalue weighted by molar-refractivity contribution is 0.0992. The second-order valence-corrected chi connectivity index (χ2v) is 9.41. The number of halogens is 4. The fourth-order valence-corrected chi connectivity index (χ4v) is 3.81. The lowest BCUT2D eigenvalue weighted by Gasteiger charge is -2.08. The summed E-state index contributed by atoms with van der Waals surface area (Å²) >= 11 is 8.81. The minimum atomic E-state index is -0.517. The summed E-state index contributed by atoms with van der Waals surface area (Å²) in [6, 6.07) is 21.9. The molecule has 0 unspecified atom stereocenters. The molecule has 0 heterocycles. The van der Waals surface area contributed by atoms with Crippen molar-refractivity contribution < 1.29 is 27.8 Å². The van der Waals surface area contributed by atoms with E-state index in [-0.39, 0.29) is 11.6 Å². The molecule has 208 valence electrons. The van der Waals surface area contributed by atoms with Gasteiger partial charge in [-0.25, -0.2) is 8.78 Å². The number of amides is 2. The predicted molar refractivity (Wildman–Crippen MR) is 156 cm³/mol. The number of alkyl halides is 2. The van der Waals surface area contributed by atoms with Crippen molar-refractivity contribution in [2.24, 2.45) is 11.5 Å². The summed E-state index contributed by atoms with van der Waals surface area (Å²) in [6.45, 7) is 0.860. The smallest absolute Gasteiger partial charge is 0.248 e. The highest BCUT2D eigenvalue weighted by Gasteiger charge is 2.10. The number of rotatable bonds is 10. The van der Waals surface area contributed by atoms with Crippen LogP contribution in [-0.4, -0.2) is 36.2 Å². The van der Waals surface area contributed by atoms with Crippen LogP contribution in [0.5, 0.6) is 11.5 Å². The third-order valence-corrected chi connectivity index (χ3v) is 6.01. The average molecular weight is 632 g/mol. The van der Waals surface area contributed by atoms with Gasteiger partial charge in [0, 0.05) is 27.6 Å². The summed E-state index contributed by atoms with van der Waals surface area (Å²) in [7, 11) is 0. The van der Waals surface area contributed by atoms with Crippen molar-refractivity contribution in [3.8, 4) is 33.8 Å². The first-order chi connectivity index (χ1) is 19.2. The van der Waals surface area contributed by atoms with Gasteiger partial charge in [-0.3, -0.25) is 9.59 Å². The highest BCUT2D eigenvalue weighted by atomic mass is 79.9. The van der Waals surface area contributed by atoms with Crippen molar-refractivity contribution >= 4 is 39.3 Å². The monoisotopic (exact) mass is 630 g/mol. The molecule has 2 amide bonds. The van der Waals surface area contributed by atoms with Gasteiger partial charge in [0.1, 0.15) is 29.7 Å². The number of carbonyl (C=O) groups is 2. The van der Waals surface area contributed by atoms with E-state index >= 15 is 0 Å². The van der Waals surface area contributed by atoms with Crippen molar-refractivity contribution in [1.29, 1.82) is 0 Å². The van der Waals surface area contributed by atoms with Crippen LogP contribution in [0.4, 0.5) is 8.78 Å². The van der Waals surface area contributed by atoms with Crippen LogP contribution in [-0.2, 0) is 0 Å². The Bertz CT molecular complexity index is 1340.